The molecule has 3 heteroatoms. The van der Waals surface area contributed by atoms with Crippen molar-refractivity contribution >= 4 is 10.9 Å². The average Bonchev–Trinajstić information content (AvgIpc) is 2.87. The summed E-state index contributed by atoms with van der Waals surface area (Å²) in [6.45, 7) is 4.69. The topological polar surface area (TPSA) is 29.9 Å². The number of benzene rings is 2. The Hall–Kier alpha value is -2.13. The Morgan fingerprint density at radius 3 is 2.50 bits per heavy atom. The number of nitrogens with zero attached hydrogens (tertiary/aromatic N) is 2. The quantitative estimate of drug-likeness (QED) is 0.766. The summed E-state index contributed by atoms with van der Waals surface area (Å²) < 4.78 is 2.06. The smallest absolute Gasteiger partial charge is 0.0841 e. The molecule has 0 aliphatic heterocycles. The second kappa shape index (κ2) is 5.88. The van der Waals surface area contributed by atoms with E-state index in [0.717, 1.165) is 25.3 Å². The fraction of sp³-hybridized carbons (Fsp3) is 0.235. The van der Waals surface area contributed by atoms with Crippen molar-refractivity contribution in [1.29, 1.82) is 0 Å². The summed E-state index contributed by atoms with van der Waals surface area (Å²) in [6, 6.07) is 18.9. The van der Waals surface area contributed by atoms with E-state index < -0.39 is 0 Å². The standard InChI is InChI=1S/C17H19N3/c1-2-20-17-11-7-6-10-15(17)16(19-20)13-18-12-14-8-4-3-5-9-14/h3-11,18H,2,12-13H2,1H3. The van der Waals surface area contributed by atoms with Crippen LogP contribution in [0.15, 0.2) is 54.6 Å². The van der Waals surface area contributed by atoms with Gasteiger partial charge in [0.25, 0.3) is 0 Å². The minimum Gasteiger partial charge on any atom is -0.307 e. The SMILES string of the molecule is CCn1nc(CNCc2ccccc2)c2ccccc21. The van der Waals surface area contributed by atoms with Crippen LogP contribution in [0.3, 0.4) is 0 Å². The third-order valence-corrected chi connectivity index (χ3v) is 3.50. The maximum Gasteiger partial charge on any atom is 0.0841 e. The number of hydrogen-bond donors (Lipinski definition) is 1. The van der Waals surface area contributed by atoms with Crippen LogP contribution in [0.4, 0.5) is 0 Å². The fourth-order valence-corrected chi connectivity index (χ4v) is 2.49. The molecular formula is C17H19N3. The van der Waals surface area contributed by atoms with E-state index in [9.17, 15) is 0 Å². The highest BCUT2D eigenvalue weighted by Gasteiger charge is 2.08. The van der Waals surface area contributed by atoms with Gasteiger partial charge in [0.05, 0.1) is 11.2 Å². The molecule has 0 saturated heterocycles. The van der Waals surface area contributed by atoms with Crippen molar-refractivity contribution in [1.82, 2.24) is 15.1 Å². The molecule has 0 bridgehead atoms. The fourth-order valence-electron chi connectivity index (χ4n) is 2.49. The second-order valence-electron chi connectivity index (χ2n) is 4.87. The summed E-state index contributed by atoms with van der Waals surface area (Å²) in [5, 5.41) is 9.41. The maximum atomic E-state index is 4.69. The van der Waals surface area contributed by atoms with Gasteiger partial charge in [0.1, 0.15) is 0 Å². The molecule has 0 amide bonds. The summed E-state index contributed by atoms with van der Waals surface area (Å²) in [4.78, 5) is 0. The van der Waals surface area contributed by atoms with Crippen molar-refractivity contribution < 1.29 is 0 Å². The zero-order chi connectivity index (χ0) is 13.8. The van der Waals surface area contributed by atoms with Gasteiger partial charge in [0, 0.05) is 25.0 Å². The molecule has 1 N–H and O–H groups in total. The molecule has 2 aromatic carbocycles. The number of rotatable bonds is 5. The van der Waals surface area contributed by atoms with Crippen molar-refractivity contribution in [3.8, 4) is 0 Å². The third kappa shape index (κ3) is 2.58. The van der Waals surface area contributed by atoms with Crippen LogP contribution in [-0.2, 0) is 19.6 Å². The first kappa shape index (κ1) is 12.9. The molecule has 3 aromatic rings. The first-order valence-corrected chi connectivity index (χ1v) is 7.07. The van der Waals surface area contributed by atoms with Gasteiger partial charge in [-0.3, -0.25) is 4.68 Å². The van der Waals surface area contributed by atoms with Crippen LogP contribution >= 0.6 is 0 Å². The molecule has 102 valence electrons. The summed E-state index contributed by atoms with van der Waals surface area (Å²) in [5.74, 6) is 0. The zero-order valence-electron chi connectivity index (χ0n) is 11.7. The van der Waals surface area contributed by atoms with E-state index in [2.05, 4.69) is 65.5 Å². The molecular weight excluding hydrogens is 246 g/mol. The number of hydrogen-bond acceptors (Lipinski definition) is 2. The van der Waals surface area contributed by atoms with Crippen molar-refractivity contribution in [2.75, 3.05) is 0 Å². The van der Waals surface area contributed by atoms with E-state index in [0.29, 0.717) is 0 Å². The van der Waals surface area contributed by atoms with Crippen LogP contribution < -0.4 is 5.32 Å². The molecule has 0 fully saturated rings. The molecule has 1 aromatic heterocycles. The van der Waals surface area contributed by atoms with Crippen LogP contribution in [0.2, 0.25) is 0 Å². The van der Waals surface area contributed by atoms with Gasteiger partial charge in [-0.15, -0.1) is 0 Å². The molecule has 3 rings (SSSR count). The molecule has 0 aliphatic carbocycles. The highest BCUT2D eigenvalue weighted by molar-refractivity contribution is 5.81. The number of fused-ring (bicyclic) bond motifs is 1. The minimum absolute atomic E-state index is 0.794. The highest BCUT2D eigenvalue weighted by atomic mass is 15.3. The van der Waals surface area contributed by atoms with E-state index in [1.54, 1.807) is 0 Å². The number of para-hydroxylation sites is 1. The van der Waals surface area contributed by atoms with Crippen molar-refractivity contribution in [2.45, 2.75) is 26.6 Å². The van der Waals surface area contributed by atoms with Crippen LogP contribution in [0, 0.1) is 0 Å². The zero-order valence-corrected chi connectivity index (χ0v) is 11.7. The Kier molecular flexibility index (Phi) is 3.79. The predicted octanol–water partition coefficient (Wildman–Crippen LogP) is 3.35. The largest absolute Gasteiger partial charge is 0.307 e. The first-order chi connectivity index (χ1) is 9.88. The number of nitrogens with one attached hydrogen (secondary N) is 1. The predicted molar refractivity (Wildman–Crippen MR) is 82.4 cm³/mol. The molecule has 0 aliphatic rings. The van der Waals surface area contributed by atoms with Crippen LogP contribution in [-0.4, -0.2) is 9.78 Å². The van der Waals surface area contributed by atoms with Gasteiger partial charge in [-0.05, 0) is 18.6 Å². The number of aromatic nitrogens is 2. The average molecular weight is 265 g/mol. The summed E-state index contributed by atoms with van der Waals surface area (Å²) in [6.07, 6.45) is 0. The normalized spacial score (nSPS) is 11.1. The summed E-state index contributed by atoms with van der Waals surface area (Å²) in [7, 11) is 0. The Bertz CT molecular complexity index is 686. The number of aryl methyl sites for hydroxylation is 1. The van der Waals surface area contributed by atoms with Gasteiger partial charge in [0.15, 0.2) is 0 Å². The van der Waals surface area contributed by atoms with Gasteiger partial charge in [0.2, 0.25) is 0 Å². The minimum atomic E-state index is 0.794. The summed E-state index contributed by atoms with van der Waals surface area (Å²) in [5.41, 5.74) is 3.64. The van der Waals surface area contributed by atoms with Crippen molar-refractivity contribution in [3.63, 3.8) is 0 Å². The van der Waals surface area contributed by atoms with E-state index in [1.165, 1.54) is 16.5 Å². The summed E-state index contributed by atoms with van der Waals surface area (Å²) >= 11 is 0. The lowest BCUT2D eigenvalue weighted by Crippen LogP contribution is -2.13. The van der Waals surface area contributed by atoms with Gasteiger partial charge in [-0.2, -0.15) is 5.10 Å². The van der Waals surface area contributed by atoms with Crippen LogP contribution in [0.25, 0.3) is 10.9 Å². The molecule has 0 saturated carbocycles. The van der Waals surface area contributed by atoms with E-state index >= 15 is 0 Å². The molecule has 0 spiro atoms. The Labute approximate surface area is 119 Å². The molecule has 0 unspecified atom stereocenters. The third-order valence-electron chi connectivity index (χ3n) is 3.50. The van der Waals surface area contributed by atoms with E-state index in [-0.39, 0.29) is 0 Å². The van der Waals surface area contributed by atoms with E-state index in [1.807, 2.05) is 6.07 Å². The van der Waals surface area contributed by atoms with E-state index in [4.69, 9.17) is 5.10 Å². The van der Waals surface area contributed by atoms with Gasteiger partial charge in [-0.1, -0.05) is 48.5 Å². The van der Waals surface area contributed by atoms with Gasteiger partial charge < -0.3 is 5.32 Å². The van der Waals surface area contributed by atoms with Crippen molar-refractivity contribution in [3.05, 3.63) is 65.9 Å². The Morgan fingerprint density at radius 2 is 1.70 bits per heavy atom. The molecule has 20 heavy (non-hydrogen) atoms. The lowest BCUT2D eigenvalue weighted by atomic mass is 10.2. The van der Waals surface area contributed by atoms with Gasteiger partial charge >= 0.3 is 0 Å². The monoisotopic (exact) mass is 265 g/mol. The molecule has 0 atom stereocenters. The highest BCUT2D eigenvalue weighted by Crippen LogP contribution is 2.18. The maximum absolute atomic E-state index is 4.69. The lowest BCUT2D eigenvalue weighted by Gasteiger charge is -2.03. The van der Waals surface area contributed by atoms with Crippen LogP contribution in [0.1, 0.15) is 18.2 Å². The first-order valence-electron chi connectivity index (χ1n) is 7.07. The van der Waals surface area contributed by atoms with Crippen LogP contribution in [0.5, 0.6) is 0 Å². The lowest BCUT2D eigenvalue weighted by molar-refractivity contribution is 0.632. The Morgan fingerprint density at radius 1 is 0.950 bits per heavy atom. The second-order valence-corrected chi connectivity index (χ2v) is 4.87. The Balaban J connectivity index is 1.74. The molecule has 0 radical (unpaired) electrons. The molecule has 1 heterocycles. The molecule has 3 nitrogen and oxygen atoms in total. The van der Waals surface area contributed by atoms with Gasteiger partial charge in [-0.25, -0.2) is 0 Å². The van der Waals surface area contributed by atoms with Crippen molar-refractivity contribution in [2.24, 2.45) is 0 Å².